The minimum atomic E-state index is 0.814. The zero-order chi connectivity index (χ0) is 22.8. The van der Waals surface area contributed by atoms with E-state index in [1.165, 1.54) is 27.8 Å². The number of furan rings is 1. The van der Waals surface area contributed by atoms with Crippen LogP contribution >= 0.6 is 15.9 Å². The third kappa shape index (κ3) is 3.99. The lowest BCUT2D eigenvalue weighted by Crippen LogP contribution is -2.20. The largest absolute Gasteiger partial charge is 0.456 e. The molecule has 1 aromatic heterocycles. The fraction of sp³-hybridized carbons (Fsp3) is 0.0323. The van der Waals surface area contributed by atoms with Crippen LogP contribution in [-0.2, 0) is 0 Å². The average Bonchev–Trinajstić information content (AvgIpc) is 3.22. The van der Waals surface area contributed by atoms with Crippen LogP contribution < -0.4 is 10.6 Å². The summed E-state index contributed by atoms with van der Waals surface area (Å²) in [6.45, 7) is 5.87. The Kier molecular flexibility index (Phi) is 5.85. The van der Waals surface area contributed by atoms with Gasteiger partial charge >= 0.3 is 0 Å². The Bertz CT molecular complexity index is 1590. The summed E-state index contributed by atoms with van der Waals surface area (Å²) in [6, 6.07) is 34.2. The van der Waals surface area contributed by atoms with Crippen LogP contribution in [0, 0.1) is 0 Å². The van der Waals surface area contributed by atoms with Crippen LogP contribution in [0.5, 0.6) is 0 Å². The van der Waals surface area contributed by atoms with Crippen molar-refractivity contribution in [1.29, 1.82) is 0 Å². The first kappa shape index (κ1) is 21.2. The highest BCUT2D eigenvalue weighted by atomic mass is 79.9. The van der Waals surface area contributed by atoms with E-state index in [2.05, 4.69) is 120 Å². The van der Waals surface area contributed by atoms with E-state index in [0.29, 0.717) is 0 Å². The molecule has 4 aromatic carbocycles. The van der Waals surface area contributed by atoms with E-state index >= 15 is 0 Å². The Hall–Kier alpha value is -3.62. The molecule has 0 aliphatic carbocycles. The monoisotopic (exact) mass is 490 g/mol. The molecule has 0 N–H and O–H groups in total. The Labute approximate surface area is 202 Å². The molecule has 0 saturated carbocycles. The Morgan fingerprint density at radius 2 is 1.30 bits per heavy atom. The Morgan fingerprint density at radius 1 is 0.727 bits per heavy atom. The second kappa shape index (κ2) is 9.09. The quantitative estimate of drug-likeness (QED) is 0.249. The van der Waals surface area contributed by atoms with Crippen LogP contribution in [0.1, 0.15) is 6.92 Å². The second-order valence-corrected chi connectivity index (χ2v) is 9.13. The molecule has 0 bridgehead atoms. The Morgan fingerprint density at radius 3 is 1.91 bits per heavy atom. The molecular weight excluding hydrogens is 468 g/mol. The summed E-state index contributed by atoms with van der Waals surface area (Å²) in [7, 11) is 0. The van der Waals surface area contributed by atoms with Gasteiger partial charge < -0.3 is 4.42 Å². The first-order valence-corrected chi connectivity index (χ1v) is 11.7. The number of benzene rings is 4. The van der Waals surface area contributed by atoms with E-state index in [4.69, 9.17) is 4.42 Å². The van der Waals surface area contributed by atoms with Gasteiger partial charge in [-0.2, -0.15) is 0 Å². The fourth-order valence-corrected chi connectivity index (χ4v) is 4.83. The maximum atomic E-state index is 6.11. The summed E-state index contributed by atoms with van der Waals surface area (Å²) < 4.78 is 7.14. The number of fused-ring (bicyclic) bond motifs is 1. The predicted molar refractivity (Wildman–Crippen MR) is 144 cm³/mol. The smallest absolute Gasteiger partial charge is 0.136 e. The van der Waals surface area contributed by atoms with Crippen molar-refractivity contribution in [2.75, 3.05) is 0 Å². The van der Waals surface area contributed by atoms with Crippen molar-refractivity contribution in [3.8, 4) is 33.4 Å². The summed E-state index contributed by atoms with van der Waals surface area (Å²) in [5.74, 6) is 0. The van der Waals surface area contributed by atoms with Gasteiger partial charge in [0.25, 0.3) is 0 Å². The molecule has 5 aromatic rings. The zero-order valence-corrected chi connectivity index (χ0v) is 20.0. The maximum absolute atomic E-state index is 6.11. The molecule has 1 heterocycles. The first-order valence-electron chi connectivity index (χ1n) is 10.9. The standard InChI is InChI=1S/C31H23BrO/c1-3-11-30-31(21(2)32)28-20-23(18-19-29(28)33-30)25-15-8-10-17-27(25)26-16-9-7-14-24(26)22-12-5-4-6-13-22/h3-20H,1H2,2H3/b30-11+,31-21+. The van der Waals surface area contributed by atoms with Crippen LogP contribution in [0.4, 0.5) is 0 Å². The van der Waals surface area contributed by atoms with E-state index < -0.39 is 0 Å². The van der Waals surface area contributed by atoms with E-state index in [-0.39, 0.29) is 0 Å². The van der Waals surface area contributed by atoms with Gasteiger partial charge in [0.2, 0.25) is 0 Å². The fourth-order valence-electron chi connectivity index (χ4n) is 4.42. The molecule has 5 rings (SSSR count). The van der Waals surface area contributed by atoms with Crippen molar-refractivity contribution >= 4 is 37.5 Å². The molecule has 2 heteroatoms. The highest BCUT2D eigenvalue weighted by Gasteiger charge is 2.13. The molecule has 33 heavy (non-hydrogen) atoms. The normalized spacial score (nSPS) is 12.7. The molecule has 160 valence electrons. The molecule has 0 atom stereocenters. The Balaban J connectivity index is 1.76. The zero-order valence-electron chi connectivity index (χ0n) is 18.4. The van der Waals surface area contributed by atoms with Crippen molar-refractivity contribution in [2.45, 2.75) is 6.92 Å². The molecule has 0 amide bonds. The van der Waals surface area contributed by atoms with Gasteiger partial charge in [0.1, 0.15) is 11.0 Å². The summed E-state index contributed by atoms with van der Waals surface area (Å²) in [5.41, 5.74) is 8.89. The number of allylic oxidation sites excluding steroid dienone is 1. The maximum Gasteiger partial charge on any atom is 0.136 e. The van der Waals surface area contributed by atoms with Gasteiger partial charge in [0.15, 0.2) is 0 Å². The number of halogens is 1. The van der Waals surface area contributed by atoms with Crippen molar-refractivity contribution < 1.29 is 4.42 Å². The van der Waals surface area contributed by atoms with Crippen LogP contribution in [0.3, 0.4) is 0 Å². The van der Waals surface area contributed by atoms with Crippen molar-refractivity contribution in [1.82, 2.24) is 0 Å². The summed E-state index contributed by atoms with van der Waals surface area (Å²) in [5, 5.41) is 2.15. The van der Waals surface area contributed by atoms with Crippen molar-refractivity contribution in [3.05, 3.63) is 120 Å². The molecule has 0 radical (unpaired) electrons. The highest BCUT2D eigenvalue weighted by Crippen LogP contribution is 2.38. The minimum Gasteiger partial charge on any atom is -0.456 e. The molecule has 0 aliphatic rings. The molecule has 0 spiro atoms. The van der Waals surface area contributed by atoms with Crippen molar-refractivity contribution in [2.24, 2.45) is 0 Å². The van der Waals surface area contributed by atoms with Crippen LogP contribution in [0.15, 0.2) is 114 Å². The third-order valence-corrected chi connectivity index (χ3v) is 6.27. The molecule has 1 nitrogen and oxygen atoms in total. The molecule has 0 fully saturated rings. The van der Waals surface area contributed by atoms with Crippen LogP contribution in [0.2, 0.25) is 0 Å². The molecule has 0 aliphatic heterocycles. The SMILES string of the molecule is C=C/C=c1/oc2ccc(-c3ccccc3-c3ccccc3-c3ccccc3)cc2/c1=C(/C)Br. The van der Waals surface area contributed by atoms with Gasteiger partial charge in [0, 0.05) is 15.1 Å². The van der Waals surface area contributed by atoms with E-state index in [0.717, 1.165) is 31.6 Å². The van der Waals surface area contributed by atoms with Gasteiger partial charge in [-0.15, -0.1) is 0 Å². The minimum absolute atomic E-state index is 0.814. The van der Waals surface area contributed by atoms with Crippen LogP contribution in [0.25, 0.3) is 54.9 Å². The lowest BCUT2D eigenvalue weighted by atomic mass is 9.89. The van der Waals surface area contributed by atoms with Gasteiger partial charge in [-0.1, -0.05) is 114 Å². The summed E-state index contributed by atoms with van der Waals surface area (Å²) in [6.07, 6.45) is 3.66. The predicted octanol–water partition coefficient (Wildman–Crippen LogP) is 7.92. The first-order chi connectivity index (χ1) is 16.2. The molecular formula is C31H23BrO. The average molecular weight is 491 g/mol. The van der Waals surface area contributed by atoms with E-state index in [1.54, 1.807) is 6.08 Å². The number of hydrogen-bond acceptors (Lipinski definition) is 1. The molecule has 0 unspecified atom stereocenters. The summed E-state index contributed by atoms with van der Waals surface area (Å²) in [4.78, 5) is 0. The van der Waals surface area contributed by atoms with E-state index in [9.17, 15) is 0 Å². The third-order valence-electron chi connectivity index (χ3n) is 5.87. The number of hydrogen-bond donors (Lipinski definition) is 0. The topological polar surface area (TPSA) is 13.1 Å². The van der Waals surface area contributed by atoms with Gasteiger partial charge in [0.05, 0.1) is 0 Å². The van der Waals surface area contributed by atoms with Gasteiger partial charge in [-0.05, 0) is 58.5 Å². The van der Waals surface area contributed by atoms with E-state index in [1.807, 2.05) is 13.0 Å². The number of rotatable bonds is 4. The van der Waals surface area contributed by atoms with Crippen molar-refractivity contribution in [3.63, 3.8) is 0 Å². The van der Waals surface area contributed by atoms with Gasteiger partial charge in [-0.25, -0.2) is 0 Å². The highest BCUT2D eigenvalue weighted by molar-refractivity contribution is 9.14. The lowest BCUT2D eigenvalue weighted by Gasteiger charge is -2.14. The second-order valence-electron chi connectivity index (χ2n) is 7.95. The van der Waals surface area contributed by atoms with Crippen LogP contribution in [-0.4, -0.2) is 0 Å². The van der Waals surface area contributed by atoms with Gasteiger partial charge in [-0.3, -0.25) is 0 Å². The summed E-state index contributed by atoms with van der Waals surface area (Å²) >= 11 is 3.67. The molecule has 0 saturated heterocycles. The lowest BCUT2D eigenvalue weighted by molar-refractivity contribution is 0.575.